The van der Waals surface area contributed by atoms with E-state index in [0.29, 0.717) is 0 Å². The zero-order valence-electron chi connectivity index (χ0n) is 11.8. The van der Waals surface area contributed by atoms with Gasteiger partial charge in [0.1, 0.15) is 18.3 Å². The van der Waals surface area contributed by atoms with Gasteiger partial charge in [-0.2, -0.15) is 4.98 Å². The van der Waals surface area contributed by atoms with Gasteiger partial charge in [0.25, 0.3) is 5.56 Å². The monoisotopic (exact) mass is 328 g/mol. The lowest BCUT2D eigenvalue weighted by atomic mass is 10.1. The fraction of sp³-hybridized carbons (Fsp3) is 0.500. The third kappa shape index (κ3) is 3.60. The molecule has 3 atom stereocenters. The molecule has 2 heterocycles. The Labute approximate surface area is 128 Å². The fourth-order valence-corrected chi connectivity index (χ4v) is 2.04. The lowest BCUT2D eigenvalue weighted by Crippen LogP contribution is -2.42. The number of aromatic amines is 1. The van der Waals surface area contributed by atoms with Gasteiger partial charge in [-0.1, -0.05) is 0 Å². The third-order valence-corrected chi connectivity index (χ3v) is 3.21. The van der Waals surface area contributed by atoms with Gasteiger partial charge in [-0.3, -0.25) is 9.78 Å². The number of fused-ring (bicyclic) bond motifs is 1. The predicted molar refractivity (Wildman–Crippen MR) is 74.6 cm³/mol. The second-order valence-electron chi connectivity index (χ2n) is 4.89. The molecule has 0 bridgehead atoms. The van der Waals surface area contributed by atoms with E-state index in [-0.39, 0.29) is 23.8 Å². The summed E-state index contributed by atoms with van der Waals surface area (Å²) in [5.41, 5.74) is -1.87. The number of aliphatic hydroxyl groups excluding tert-OH is 5. The van der Waals surface area contributed by atoms with Gasteiger partial charge in [0.15, 0.2) is 11.5 Å². The Bertz CT molecular complexity index is 758. The number of nitrogens with one attached hydrogen (secondary N) is 1. The average molecular weight is 328 g/mol. The van der Waals surface area contributed by atoms with Crippen molar-refractivity contribution in [2.75, 3.05) is 6.61 Å². The molecule has 0 fully saturated rings. The summed E-state index contributed by atoms with van der Waals surface area (Å²) in [6, 6.07) is 0. The largest absolute Gasteiger partial charge is 0.394 e. The van der Waals surface area contributed by atoms with Crippen LogP contribution in [0.15, 0.2) is 15.8 Å². The molecule has 0 radical (unpaired) electrons. The summed E-state index contributed by atoms with van der Waals surface area (Å²) in [7, 11) is 0. The summed E-state index contributed by atoms with van der Waals surface area (Å²) in [6.45, 7) is -1.63. The minimum Gasteiger partial charge on any atom is -0.394 e. The van der Waals surface area contributed by atoms with Crippen molar-refractivity contribution in [3.63, 3.8) is 0 Å². The van der Waals surface area contributed by atoms with E-state index in [1.165, 1.54) is 6.20 Å². The van der Waals surface area contributed by atoms with Crippen LogP contribution in [0.5, 0.6) is 0 Å². The molecule has 0 saturated heterocycles. The quantitative estimate of drug-likeness (QED) is 0.308. The first-order valence-corrected chi connectivity index (χ1v) is 6.63. The molecule has 0 spiro atoms. The first-order chi connectivity index (χ1) is 10.9. The number of hydrogen-bond acceptors (Lipinski definition) is 9. The second-order valence-corrected chi connectivity index (χ2v) is 4.89. The Balaban J connectivity index is 2.47. The minimum absolute atomic E-state index is 0.0767. The van der Waals surface area contributed by atoms with Crippen molar-refractivity contribution < 1.29 is 25.5 Å². The van der Waals surface area contributed by atoms with E-state index in [4.69, 9.17) is 5.11 Å². The van der Waals surface area contributed by atoms with Crippen LogP contribution in [-0.4, -0.2) is 70.0 Å². The van der Waals surface area contributed by atoms with Gasteiger partial charge in [0.2, 0.25) is 0 Å². The highest BCUT2D eigenvalue weighted by molar-refractivity contribution is 5.49. The Morgan fingerprint density at radius 3 is 2.43 bits per heavy atom. The molecule has 23 heavy (non-hydrogen) atoms. The van der Waals surface area contributed by atoms with E-state index < -0.39 is 42.8 Å². The van der Waals surface area contributed by atoms with Crippen LogP contribution in [0.1, 0.15) is 5.69 Å². The number of hydrogen-bond donors (Lipinski definition) is 6. The minimum atomic E-state index is -1.66. The van der Waals surface area contributed by atoms with Crippen molar-refractivity contribution in [2.24, 2.45) is 0 Å². The third-order valence-electron chi connectivity index (χ3n) is 3.21. The molecule has 2 aliphatic rings. The van der Waals surface area contributed by atoms with Crippen molar-refractivity contribution in [1.29, 1.82) is 0 Å². The lowest BCUT2D eigenvalue weighted by Gasteiger charge is -2.23. The summed E-state index contributed by atoms with van der Waals surface area (Å²) >= 11 is 0. The SMILES string of the molecule is O=c1nc2n(CC(O)C(O)C(O)CO)cc(CO)nc-2c(=O)[nH]1. The zero-order chi connectivity index (χ0) is 17.1. The van der Waals surface area contributed by atoms with Gasteiger partial charge in [-0.15, -0.1) is 0 Å². The Hall–Kier alpha value is -2.18. The van der Waals surface area contributed by atoms with Crippen LogP contribution in [-0.2, 0) is 13.2 Å². The summed E-state index contributed by atoms with van der Waals surface area (Å²) in [4.78, 5) is 32.5. The molecule has 0 aromatic rings. The van der Waals surface area contributed by atoms with Crippen molar-refractivity contribution in [3.05, 3.63) is 32.7 Å². The number of H-pyrrole nitrogens is 1. The highest BCUT2D eigenvalue weighted by atomic mass is 16.4. The van der Waals surface area contributed by atoms with Gasteiger partial charge in [0.05, 0.1) is 25.5 Å². The van der Waals surface area contributed by atoms with E-state index in [1.54, 1.807) is 0 Å². The molecule has 0 aromatic heterocycles. The van der Waals surface area contributed by atoms with Crippen LogP contribution in [0.3, 0.4) is 0 Å². The number of nitrogens with zero attached hydrogens (tertiary/aromatic N) is 3. The topological polar surface area (TPSA) is 182 Å². The average Bonchev–Trinajstić information content (AvgIpc) is 2.53. The molecule has 126 valence electrons. The van der Waals surface area contributed by atoms with Gasteiger partial charge in [0, 0.05) is 6.20 Å². The molecular weight excluding hydrogens is 312 g/mol. The van der Waals surface area contributed by atoms with Crippen molar-refractivity contribution in [3.8, 4) is 11.5 Å². The summed E-state index contributed by atoms with van der Waals surface area (Å²) in [6.07, 6.45) is -3.52. The van der Waals surface area contributed by atoms with E-state index in [2.05, 4.69) is 9.97 Å². The summed E-state index contributed by atoms with van der Waals surface area (Å²) < 4.78 is 1.16. The molecule has 0 amide bonds. The van der Waals surface area contributed by atoms with Crippen molar-refractivity contribution in [2.45, 2.75) is 31.5 Å². The molecular formula is C12H16N4O7. The maximum atomic E-state index is 11.8. The van der Waals surface area contributed by atoms with Gasteiger partial charge in [-0.25, -0.2) is 9.78 Å². The molecule has 0 aromatic carbocycles. The van der Waals surface area contributed by atoms with Crippen molar-refractivity contribution >= 4 is 0 Å². The Kier molecular flexibility index (Phi) is 5.18. The molecule has 6 N–H and O–H groups in total. The predicted octanol–water partition coefficient (Wildman–Crippen LogP) is -4.00. The van der Waals surface area contributed by atoms with Gasteiger partial charge >= 0.3 is 5.69 Å². The lowest BCUT2D eigenvalue weighted by molar-refractivity contribution is -0.0806. The van der Waals surface area contributed by atoms with Crippen LogP contribution in [0.2, 0.25) is 0 Å². The Morgan fingerprint density at radius 2 is 1.83 bits per heavy atom. The standard InChI is InChI=1S/C12H16N4O7/c17-3-5-1-16(2-6(19)9(21)7(20)4-18)10-8(13-5)11(22)15-12(23)14-10/h1,6-7,9,17-21H,2-4H2,(H,15,22,23). The van der Waals surface area contributed by atoms with E-state index in [9.17, 15) is 30.0 Å². The molecule has 3 unspecified atom stereocenters. The number of aromatic nitrogens is 4. The molecule has 0 aliphatic carbocycles. The van der Waals surface area contributed by atoms with Crippen LogP contribution >= 0.6 is 0 Å². The van der Waals surface area contributed by atoms with Crippen LogP contribution < -0.4 is 11.2 Å². The maximum Gasteiger partial charge on any atom is 0.349 e. The highest BCUT2D eigenvalue weighted by Crippen LogP contribution is 2.14. The Morgan fingerprint density at radius 1 is 1.13 bits per heavy atom. The fourth-order valence-electron chi connectivity index (χ4n) is 2.04. The van der Waals surface area contributed by atoms with Crippen LogP contribution in [0.25, 0.3) is 11.5 Å². The van der Waals surface area contributed by atoms with E-state index in [1.807, 2.05) is 4.98 Å². The maximum absolute atomic E-state index is 11.8. The molecule has 0 saturated carbocycles. The van der Waals surface area contributed by atoms with Gasteiger partial charge < -0.3 is 30.1 Å². The zero-order valence-corrected chi connectivity index (χ0v) is 11.8. The molecule has 11 nitrogen and oxygen atoms in total. The second kappa shape index (κ2) is 6.93. The van der Waals surface area contributed by atoms with E-state index in [0.717, 1.165) is 4.57 Å². The first kappa shape index (κ1) is 17.2. The number of aliphatic hydroxyl groups is 5. The summed E-state index contributed by atoms with van der Waals surface area (Å²) in [5, 5.41) is 46.9. The van der Waals surface area contributed by atoms with Crippen molar-refractivity contribution in [1.82, 2.24) is 19.5 Å². The first-order valence-electron chi connectivity index (χ1n) is 6.63. The molecule has 2 aliphatic heterocycles. The van der Waals surface area contributed by atoms with Crippen LogP contribution in [0.4, 0.5) is 0 Å². The molecule has 2 rings (SSSR count). The smallest absolute Gasteiger partial charge is 0.349 e. The summed E-state index contributed by atoms with van der Waals surface area (Å²) in [5.74, 6) is -0.152. The van der Waals surface area contributed by atoms with Gasteiger partial charge in [-0.05, 0) is 0 Å². The highest BCUT2D eigenvalue weighted by Gasteiger charge is 2.26. The number of rotatable bonds is 6. The normalized spacial score (nSPS) is 15.5. The molecule has 11 heteroatoms. The van der Waals surface area contributed by atoms with E-state index >= 15 is 0 Å². The van der Waals surface area contributed by atoms with Crippen LogP contribution in [0, 0.1) is 0 Å².